The highest BCUT2D eigenvalue weighted by Crippen LogP contribution is 2.28. The lowest BCUT2D eigenvalue weighted by atomic mass is 10.3. The standard InChI is InChI=1S/C10H17N5O2/c1-12-9-8(17-2)10(15-6-14-9)13-5-3-4-7(11)16/h6H,3-5H2,1-2H3,(H2,11,16)(H2,12,13,14,15). The first-order chi connectivity index (χ1) is 8.19. The van der Waals surface area contributed by atoms with E-state index >= 15 is 0 Å². The van der Waals surface area contributed by atoms with E-state index in [9.17, 15) is 4.79 Å². The average Bonchev–Trinajstić information content (AvgIpc) is 2.33. The highest BCUT2D eigenvalue weighted by atomic mass is 16.5. The Labute approximate surface area is 99.8 Å². The summed E-state index contributed by atoms with van der Waals surface area (Å²) in [6, 6.07) is 0. The Hall–Kier alpha value is -2.05. The largest absolute Gasteiger partial charge is 0.490 e. The molecule has 0 aliphatic rings. The number of aromatic nitrogens is 2. The molecule has 1 amide bonds. The van der Waals surface area contributed by atoms with E-state index in [1.165, 1.54) is 6.33 Å². The van der Waals surface area contributed by atoms with Gasteiger partial charge in [-0.25, -0.2) is 9.97 Å². The fourth-order valence-corrected chi connectivity index (χ4v) is 1.34. The molecule has 0 radical (unpaired) electrons. The Bertz CT molecular complexity index is 383. The van der Waals surface area contributed by atoms with Crippen LogP contribution < -0.4 is 21.1 Å². The van der Waals surface area contributed by atoms with Crippen LogP contribution >= 0.6 is 0 Å². The number of nitrogens with one attached hydrogen (secondary N) is 2. The predicted octanol–water partition coefficient (Wildman–Crippen LogP) is 0.204. The van der Waals surface area contributed by atoms with Gasteiger partial charge in [0.1, 0.15) is 6.33 Å². The predicted molar refractivity (Wildman–Crippen MR) is 65.0 cm³/mol. The molecule has 4 N–H and O–H groups in total. The Balaban J connectivity index is 2.60. The van der Waals surface area contributed by atoms with E-state index in [0.29, 0.717) is 36.8 Å². The first-order valence-corrected chi connectivity index (χ1v) is 5.28. The Morgan fingerprint density at radius 2 is 2.18 bits per heavy atom. The van der Waals surface area contributed by atoms with Gasteiger partial charge < -0.3 is 21.1 Å². The van der Waals surface area contributed by atoms with Gasteiger partial charge in [-0.1, -0.05) is 0 Å². The topological polar surface area (TPSA) is 102 Å². The van der Waals surface area contributed by atoms with Gasteiger partial charge in [-0.2, -0.15) is 0 Å². The smallest absolute Gasteiger partial charge is 0.217 e. The molecule has 1 aromatic rings. The minimum absolute atomic E-state index is 0.308. The maximum Gasteiger partial charge on any atom is 0.217 e. The Kier molecular flexibility index (Phi) is 4.99. The van der Waals surface area contributed by atoms with Crippen molar-refractivity contribution in [1.82, 2.24) is 9.97 Å². The molecule has 1 aromatic heterocycles. The molecule has 0 fully saturated rings. The van der Waals surface area contributed by atoms with Crippen molar-refractivity contribution in [2.45, 2.75) is 12.8 Å². The second-order valence-electron chi connectivity index (χ2n) is 3.35. The molecule has 1 heterocycles. The van der Waals surface area contributed by atoms with Gasteiger partial charge in [-0.15, -0.1) is 0 Å². The fourth-order valence-electron chi connectivity index (χ4n) is 1.34. The van der Waals surface area contributed by atoms with Crippen molar-refractivity contribution in [3.05, 3.63) is 6.33 Å². The van der Waals surface area contributed by atoms with E-state index in [0.717, 1.165) is 0 Å². The first-order valence-electron chi connectivity index (χ1n) is 5.28. The number of nitrogens with two attached hydrogens (primary N) is 1. The quantitative estimate of drug-likeness (QED) is 0.588. The first kappa shape index (κ1) is 13.0. The van der Waals surface area contributed by atoms with Crippen molar-refractivity contribution in [3.63, 3.8) is 0 Å². The average molecular weight is 239 g/mol. The summed E-state index contributed by atoms with van der Waals surface area (Å²) < 4.78 is 5.20. The molecule has 94 valence electrons. The van der Waals surface area contributed by atoms with Crippen LogP contribution in [0.4, 0.5) is 11.6 Å². The third-order valence-corrected chi connectivity index (χ3v) is 2.14. The zero-order valence-electron chi connectivity index (χ0n) is 9.99. The third kappa shape index (κ3) is 3.78. The van der Waals surface area contributed by atoms with Crippen LogP contribution in [0.3, 0.4) is 0 Å². The lowest BCUT2D eigenvalue weighted by molar-refractivity contribution is -0.118. The van der Waals surface area contributed by atoms with E-state index < -0.39 is 0 Å². The Morgan fingerprint density at radius 3 is 2.76 bits per heavy atom. The number of hydrogen-bond acceptors (Lipinski definition) is 6. The number of methoxy groups -OCH3 is 1. The molecule has 0 saturated heterocycles. The van der Waals surface area contributed by atoms with Gasteiger partial charge in [-0.05, 0) is 6.42 Å². The normalized spacial score (nSPS) is 9.76. The van der Waals surface area contributed by atoms with Crippen molar-refractivity contribution < 1.29 is 9.53 Å². The molecule has 1 rings (SSSR count). The van der Waals surface area contributed by atoms with Crippen molar-refractivity contribution in [2.75, 3.05) is 31.3 Å². The van der Waals surface area contributed by atoms with Gasteiger partial charge in [0.15, 0.2) is 11.6 Å². The van der Waals surface area contributed by atoms with Gasteiger partial charge in [-0.3, -0.25) is 4.79 Å². The summed E-state index contributed by atoms with van der Waals surface area (Å²) in [7, 11) is 3.30. The lowest BCUT2D eigenvalue weighted by Gasteiger charge is -2.12. The molecule has 0 aliphatic carbocycles. The van der Waals surface area contributed by atoms with E-state index in [4.69, 9.17) is 10.5 Å². The molecule has 0 atom stereocenters. The maximum atomic E-state index is 10.6. The molecule has 0 saturated carbocycles. The van der Waals surface area contributed by atoms with Crippen molar-refractivity contribution >= 4 is 17.5 Å². The lowest BCUT2D eigenvalue weighted by Crippen LogP contribution is -2.13. The fraction of sp³-hybridized carbons (Fsp3) is 0.500. The van der Waals surface area contributed by atoms with Crippen molar-refractivity contribution in [2.24, 2.45) is 5.73 Å². The summed E-state index contributed by atoms with van der Waals surface area (Å²) in [5.74, 6) is 1.45. The molecule has 0 bridgehead atoms. The van der Waals surface area contributed by atoms with Crippen LogP contribution in [0.2, 0.25) is 0 Å². The summed E-state index contributed by atoms with van der Waals surface area (Å²) in [5.41, 5.74) is 5.05. The molecular formula is C10H17N5O2. The highest BCUT2D eigenvalue weighted by Gasteiger charge is 2.10. The SMILES string of the molecule is CNc1ncnc(NCCCC(N)=O)c1OC. The monoisotopic (exact) mass is 239 g/mol. The van der Waals surface area contributed by atoms with E-state index in [-0.39, 0.29) is 5.91 Å². The summed E-state index contributed by atoms with van der Waals surface area (Å²) in [5, 5.41) is 5.98. The van der Waals surface area contributed by atoms with Crippen LogP contribution in [0.15, 0.2) is 6.33 Å². The zero-order chi connectivity index (χ0) is 12.7. The molecular weight excluding hydrogens is 222 g/mol. The van der Waals surface area contributed by atoms with Gasteiger partial charge in [0, 0.05) is 20.0 Å². The molecule has 0 unspecified atom stereocenters. The van der Waals surface area contributed by atoms with Crippen LogP contribution in [-0.2, 0) is 4.79 Å². The summed E-state index contributed by atoms with van der Waals surface area (Å²) in [6.45, 7) is 0.597. The second-order valence-corrected chi connectivity index (χ2v) is 3.35. The summed E-state index contributed by atoms with van der Waals surface area (Å²) in [6.07, 6.45) is 2.43. The Morgan fingerprint density at radius 1 is 1.47 bits per heavy atom. The van der Waals surface area contributed by atoms with Crippen LogP contribution in [0.25, 0.3) is 0 Å². The third-order valence-electron chi connectivity index (χ3n) is 2.14. The number of ether oxygens (including phenoxy) is 1. The number of primary amides is 1. The van der Waals surface area contributed by atoms with Gasteiger partial charge >= 0.3 is 0 Å². The molecule has 0 spiro atoms. The zero-order valence-corrected chi connectivity index (χ0v) is 9.99. The highest BCUT2D eigenvalue weighted by molar-refractivity contribution is 5.73. The van der Waals surface area contributed by atoms with E-state index in [1.807, 2.05) is 0 Å². The number of anilines is 2. The number of amides is 1. The molecule has 0 aromatic carbocycles. The van der Waals surface area contributed by atoms with Crippen LogP contribution in [0.5, 0.6) is 5.75 Å². The second kappa shape index (κ2) is 6.51. The number of nitrogens with zero attached hydrogens (tertiary/aromatic N) is 2. The van der Waals surface area contributed by atoms with Crippen LogP contribution in [0, 0.1) is 0 Å². The number of rotatable bonds is 7. The minimum atomic E-state index is -0.308. The minimum Gasteiger partial charge on any atom is -0.490 e. The van der Waals surface area contributed by atoms with Crippen LogP contribution in [0.1, 0.15) is 12.8 Å². The van der Waals surface area contributed by atoms with Gasteiger partial charge in [0.2, 0.25) is 11.7 Å². The van der Waals surface area contributed by atoms with Crippen molar-refractivity contribution in [3.8, 4) is 5.75 Å². The molecule has 17 heavy (non-hydrogen) atoms. The van der Waals surface area contributed by atoms with Gasteiger partial charge in [0.25, 0.3) is 0 Å². The molecule has 7 nitrogen and oxygen atoms in total. The van der Waals surface area contributed by atoms with E-state index in [2.05, 4.69) is 20.6 Å². The summed E-state index contributed by atoms with van der Waals surface area (Å²) in [4.78, 5) is 18.7. The number of carbonyl (C=O) groups is 1. The maximum absolute atomic E-state index is 10.6. The molecule has 7 heteroatoms. The number of hydrogen-bond donors (Lipinski definition) is 3. The van der Waals surface area contributed by atoms with Gasteiger partial charge in [0.05, 0.1) is 7.11 Å². The van der Waals surface area contributed by atoms with Crippen LogP contribution in [-0.4, -0.2) is 36.6 Å². The summed E-state index contributed by atoms with van der Waals surface area (Å²) >= 11 is 0. The van der Waals surface area contributed by atoms with Crippen molar-refractivity contribution in [1.29, 1.82) is 0 Å². The molecule has 0 aliphatic heterocycles. The van der Waals surface area contributed by atoms with E-state index in [1.54, 1.807) is 14.2 Å². The number of carbonyl (C=O) groups excluding carboxylic acids is 1.